The summed E-state index contributed by atoms with van der Waals surface area (Å²) in [5.74, 6) is 0.481. The van der Waals surface area contributed by atoms with E-state index in [9.17, 15) is 18.3 Å². The summed E-state index contributed by atoms with van der Waals surface area (Å²) in [6.45, 7) is 1.50. The van der Waals surface area contributed by atoms with Gasteiger partial charge in [-0.15, -0.1) is 5.10 Å². The van der Waals surface area contributed by atoms with Crippen LogP contribution in [0.25, 0.3) is 0 Å². The molecule has 6 nitrogen and oxygen atoms in total. The van der Waals surface area contributed by atoms with Gasteiger partial charge in [-0.3, -0.25) is 4.90 Å². The van der Waals surface area contributed by atoms with E-state index in [4.69, 9.17) is 0 Å². The maximum absolute atomic E-state index is 13.3. The summed E-state index contributed by atoms with van der Waals surface area (Å²) in [6, 6.07) is 14.4. The Hall–Kier alpha value is -2.78. The minimum absolute atomic E-state index is 0.399. The Morgan fingerprint density at radius 1 is 1.03 bits per heavy atom. The lowest BCUT2D eigenvalue weighted by Gasteiger charge is -2.35. The Balaban J connectivity index is 1.73. The van der Waals surface area contributed by atoms with E-state index in [-0.39, 0.29) is 0 Å². The van der Waals surface area contributed by atoms with Gasteiger partial charge in [0.1, 0.15) is 0 Å². The Bertz CT molecular complexity index is 968. The Morgan fingerprint density at radius 2 is 1.77 bits per heavy atom. The number of piperidine rings is 1. The second-order valence-electron chi connectivity index (χ2n) is 7.47. The zero-order chi connectivity index (χ0) is 21.1. The fourth-order valence-corrected chi connectivity index (χ4v) is 3.83. The Labute approximate surface area is 171 Å². The number of hydrogen-bond donors (Lipinski definition) is 1. The smallest absolute Gasteiger partial charge is 0.393 e. The Morgan fingerprint density at radius 3 is 2.47 bits per heavy atom. The van der Waals surface area contributed by atoms with Gasteiger partial charge < -0.3 is 5.11 Å². The van der Waals surface area contributed by atoms with E-state index in [2.05, 4.69) is 15.5 Å². The minimum Gasteiger partial charge on any atom is -0.393 e. The molecular formula is C21H22F3N5O. The van der Waals surface area contributed by atoms with Gasteiger partial charge in [0.2, 0.25) is 0 Å². The predicted molar refractivity (Wildman–Crippen MR) is 103 cm³/mol. The molecule has 1 atom stereocenters. The molecule has 9 heteroatoms. The maximum atomic E-state index is 13.3. The highest BCUT2D eigenvalue weighted by atomic mass is 19.4. The van der Waals surface area contributed by atoms with Crippen LogP contribution >= 0.6 is 0 Å². The van der Waals surface area contributed by atoms with Crippen molar-refractivity contribution >= 4 is 0 Å². The van der Waals surface area contributed by atoms with Crippen LogP contribution in [0.2, 0.25) is 0 Å². The van der Waals surface area contributed by atoms with Gasteiger partial charge in [0.05, 0.1) is 24.3 Å². The van der Waals surface area contributed by atoms with Gasteiger partial charge in [-0.2, -0.15) is 13.2 Å². The number of aliphatic hydroxyl groups is 1. The van der Waals surface area contributed by atoms with Gasteiger partial charge in [-0.05, 0) is 46.5 Å². The molecule has 2 aromatic carbocycles. The van der Waals surface area contributed by atoms with Crippen LogP contribution in [0, 0.1) is 0 Å². The first-order chi connectivity index (χ1) is 14.4. The molecule has 30 heavy (non-hydrogen) atoms. The lowest BCUT2D eigenvalue weighted by molar-refractivity contribution is -0.137. The summed E-state index contributed by atoms with van der Waals surface area (Å²) in [5, 5.41) is 22.0. The van der Waals surface area contributed by atoms with Crippen molar-refractivity contribution < 1.29 is 18.3 Å². The number of nitrogens with zero attached hydrogens (tertiary/aromatic N) is 5. The SMILES string of the molecule is OC1CCN([C@H](c2cccc(C(F)(F)F)c2)c2nnnn2Cc2ccccc2)CC1. The average Bonchev–Trinajstić information content (AvgIpc) is 3.18. The van der Waals surface area contributed by atoms with E-state index in [1.807, 2.05) is 35.2 Å². The third-order valence-electron chi connectivity index (χ3n) is 5.37. The van der Waals surface area contributed by atoms with E-state index in [0.717, 1.165) is 17.7 Å². The third kappa shape index (κ3) is 4.52. The van der Waals surface area contributed by atoms with Crippen LogP contribution in [-0.4, -0.2) is 49.4 Å². The molecule has 4 rings (SSSR count). The van der Waals surface area contributed by atoms with Gasteiger partial charge in [-0.1, -0.05) is 42.5 Å². The van der Waals surface area contributed by atoms with Crippen LogP contribution in [0.5, 0.6) is 0 Å². The van der Waals surface area contributed by atoms with Crippen LogP contribution in [0.4, 0.5) is 13.2 Å². The summed E-state index contributed by atoms with van der Waals surface area (Å²) in [5.41, 5.74) is 0.761. The van der Waals surface area contributed by atoms with Crippen LogP contribution < -0.4 is 0 Å². The lowest BCUT2D eigenvalue weighted by Crippen LogP contribution is -2.40. The second kappa shape index (κ2) is 8.53. The fourth-order valence-electron chi connectivity index (χ4n) is 3.83. The monoisotopic (exact) mass is 417 g/mol. The van der Waals surface area contributed by atoms with Gasteiger partial charge in [0.15, 0.2) is 5.82 Å². The highest BCUT2D eigenvalue weighted by molar-refractivity contribution is 5.31. The number of tetrazole rings is 1. The second-order valence-corrected chi connectivity index (χ2v) is 7.47. The summed E-state index contributed by atoms with van der Waals surface area (Å²) in [4.78, 5) is 2.04. The number of alkyl halides is 3. The normalized spacial score (nSPS) is 17.2. The van der Waals surface area contributed by atoms with Gasteiger partial charge >= 0.3 is 6.18 Å². The molecule has 3 aromatic rings. The molecule has 0 radical (unpaired) electrons. The van der Waals surface area contributed by atoms with Crippen LogP contribution in [0.3, 0.4) is 0 Å². The van der Waals surface area contributed by atoms with E-state index in [0.29, 0.717) is 43.9 Å². The molecule has 0 aliphatic carbocycles. The molecule has 0 spiro atoms. The zero-order valence-electron chi connectivity index (χ0n) is 16.2. The standard InChI is InChI=1S/C21H22F3N5O/c22-21(23,24)17-8-4-7-16(13-17)19(28-11-9-18(30)10-12-28)20-25-26-27-29(20)14-15-5-2-1-3-6-15/h1-8,13,18-19,30H,9-12,14H2/t19-/m1/s1. The number of likely N-dealkylation sites (tertiary alicyclic amines) is 1. The zero-order valence-corrected chi connectivity index (χ0v) is 16.2. The summed E-state index contributed by atoms with van der Waals surface area (Å²) < 4.78 is 41.7. The molecular weight excluding hydrogens is 395 g/mol. The third-order valence-corrected chi connectivity index (χ3v) is 5.37. The first-order valence-corrected chi connectivity index (χ1v) is 9.81. The summed E-state index contributed by atoms with van der Waals surface area (Å²) in [6.07, 6.45) is -3.73. The predicted octanol–water partition coefficient (Wildman–Crippen LogP) is 3.29. The molecule has 1 aromatic heterocycles. The number of rotatable bonds is 5. The minimum atomic E-state index is -4.44. The largest absolute Gasteiger partial charge is 0.416 e. The number of hydrogen-bond acceptors (Lipinski definition) is 5. The van der Waals surface area contributed by atoms with Crippen molar-refractivity contribution in [1.29, 1.82) is 0 Å². The highest BCUT2D eigenvalue weighted by Crippen LogP contribution is 2.35. The molecule has 1 fully saturated rings. The summed E-state index contributed by atoms with van der Waals surface area (Å²) in [7, 11) is 0. The average molecular weight is 417 g/mol. The van der Waals surface area contributed by atoms with Crippen molar-refractivity contribution in [3.63, 3.8) is 0 Å². The van der Waals surface area contributed by atoms with Crippen LogP contribution in [-0.2, 0) is 12.7 Å². The molecule has 0 unspecified atom stereocenters. The van der Waals surface area contributed by atoms with Crippen molar-refractivity contribution in [3.05, 3.63) is 77.1 Å². The molecule has 1 aliphatic rings. The quantitative estimate of drug-likeness (QED) is 0.690. The van der Waals surface area contributed by atoms with E-state index in [1.165, 1.54) is 6.07 Å². The van der Waals surface area contributed by atoms with Crippen molar-refractivity contribution in [2.45, 2.75) is 37.7 Å². The molecule has 158 valence electrons. The summed E-state index contributed by atoms with van der Waals surface area (Å²) >= 11 is 0. The van der Waals surface area contributed by atoms with E-state index < -0.39 is 23.9 Å². The Kier molecular flexibility index (Phi) is 5.83. The first-order valence-electron chi connectivity index (χ1n) is 9.81. The molecule has 0 amide bonds. The van der Waals surface area contributed by atoms with Gasteiger partial charge in [0, 0.05) is 13.1 Å². The van der Waals surface area contributed by atoms with Crippen molar-refractivity contribution in [2.75, 3.05) is 13.1 Å². The molecule has 1 N–H and O–H groups in total. The molecule has 1 aliphatic heterocycles. The van der Waals surface area contributed by atoms with Gasteiger partial charge in [0.25, 0.3) is 0 Å². The topological polar surface area (TPSA) is 67.1 Å². The molecule has 0 saturated carbocycles. The van der Waals surface area contributed by atoms with Crippen molar-refractivity contribution in [3.8, 4) is 0 Å². The van der Waals surface area contributed by atoms with Gasteiger partial charge in [-0.25, -0.2) is 4.68 Å². The van der Waals surface area contributed by atoms with Crippen molar-refractivity contribution in [2.24, 2.45) is 0 Å². The molecule has 2 heterocycles. The number of aromatic nitrogens is 4. The highest BCUT2D eigenvalue weighted by Gasteiger charge is 2.34. The number of halogens is 3. The lowest BCUT2D eigenvalue weighted by atomic mass is 9.98. The maximum Gasteiger partial charge on any atom is 0.416 e. The van der Waals surface area contributed by atoms with E-state index >= 15 is 0 Å². The first kappa shape index (κ1) is 20.5. The number of aliphatic hydroxyl groups excluding tert-OH is 1. The number of benzene rings is 2. The van der Waals surface area contributed by atoms with Crippen LogP contribution in [0.15, 0.2) is 54.6 Å². The molecule has 0 bridgehead atoms. The van der Waals surface area contributed by atoms with E-state index in [1.54, 1.807) is 10.7 Å². The van der Waals surface area contributed by atoms with Crippen LogP contribution in [0.1, 0.15) is 41.4 Å². The van der Waals surface area contributed by atoms with Crippen molar-refractivity contribution in [1.82, 2.24) is 25.1 Å². The fraction of sp³-hybridized carbons (Fsp3) is 0.381. The molecule has 1 saturated heterocycles.